The normalized spacial score (nSPS) is 15.4. The van der Waals surface area contributed by atoms with E-state index < -0.39 is 6.10 Å². The lowest BCUT2D eigenvalue weighted by Gasteiger charge is -2.33. The molecule has 0 saturated carbocycles. The van der Waals surface area contributed by atoms with Crippen LogP contribution in [0.2, 0.25) is 5.02 Å². The van der Waals surface area contributed by atoms with E-state index in [1.165, 1.54) is 0 Å². The van der Waals surface area contributed by atoms with Crippen LogP contribution in [0.5, 0.6) is 5.75 Å². The van der Waals surface area contributed by atoms with Gasteiger partial charge in [-0.05, 0) is 61.0 Å². The number of nitrogens with zero attached hydrogens (tertiary/aromatic N) is 1. The number of amides is 2. The lowest BCUT2D eigenvalue weighted by atomic mass is 10.1. The Morgan fingerprint density at radius 3 is 2.63 bits per heavy atom. The smallest absolute Gasteiger partial charge is 0.268 e. The van der Waals surface area contributed by atoms with Crippen molar-refractivity contribution in [3.05, 3.63) is 87.4 Å². The van der Waals surface area contributed by atoms with Crippen LogP contribution in [0.25, 0.3) is 0 Å². The molecule has 0 fully saturated rings. The number of fused-ring (bicyclic) bond motifs is 1. The van der Waals surface area contributed by atoms with E-state index in [4.69, 9.17) is 16.3 Å². The van der Waals surface area contributed by atoms with Gasteiger partial charge in [0, 0.05) is 20.7 Å². The predicted octanol–water partition coefficient (Wildman–Crippen LogP) is 5.67. The molecule has 1 unspecified atom stereocenters. The molecule has 0 radical (unpaired) electrons. The van der Waals surface area contributed by atoms with Crippen molar-refractivity contribution < 1.29 is 14.3 Å². The van der Waals surface area contributed by atoms with Gasteiger partial charge in [-0.25, -0.2) is 0 Å². The van der Waals surface area contributed by atoms with Crippen LogP contribution in [0.1, 0.15) is 22.8 Å². The van der Waals surface area contributed by atoms with Gasteiger partial charge < -0.3 is 15.0 Å². The zero-order valence-electron chi connectivity index (χ0n) is 16.1. The summed E-state index contributed by atoms with van der Waals surface area (Å²) in [5.74, 6) is 0.210. The van der Waals surface area contributed by atoms with Gasteiger partial charge in [-0.15, -0.1) is 0 Å². The van der Waals surface area contributed by atoms with E-state index in [0.717, 1.165) is 10.0 Å². The van der Waals surface area contributed by atoms with Crippen molar-refractivity contribution in [2.45, 2.75) is 19.6 Å². The third-order valence-electron chi connectivity index (χ3n) is 4.77. The molecule has 1 N–H and O–H groups in total. The fraction of sp³-hybridized carbons (Fsp3) is 0.130. The van der Waals surface area contributed by atoms with Crippen molar-refractivity contribution in [2.75, 3.05) is 10.2 Å². The van der Waals surface area contributed by atoms with Gasteiger partial charge in [-0.1, -0.05) is 45.7 Å². The second-order valence-electron chi connectivity index (χ2n) is 6.96. The average Bonchev–Trinajstić information content (AvgIpc) is 2.73. The lowest BCUT2D eigenvalue weighted by Crippen LogP contribution is -2.44. The number of hydrogen-bond donors (Lipinski definition) is 1. The number of benzene rings is 3. The Kier molecular flexibility index (Phi) is 5.79. The molecule has 5 nitrogen and oxygen atoms in total. The van der Waals surface area contributed by atoms with E-state index >= 15 is 0 Å². The molecule has 0 aromatic heterocycles. The standard InChI is InChI=1S/C23H18BrClN2O3/c1-14-23(29)27(13-15-5-7-18(25)8-6-15)20-12-19(9-10-21(20)30-14)26-22(28)16-3-2-4-17(24)11-16/h2-12,14H,13H2,1H3,(H,26,28). The second kappa shape index (κ2) is 8.50. The monoisotopic (exact) mass is 484 g/mol. The fourth-order valence-electron chi connectivity index (χ4n) is 3.25. The molecule has 7 heteroatoms. The van der Waals surface area contributed by atoms with Crippen molar-refractivity contribution in [3.8, 4) is 5.75 Å². The van der Waals surface area contributed by atoms with Gasteiger partial charge in [0.15, 0.2) is 6.10 Å². The van der Waals surface area contributed by atoms with Gasteiger partial charge in [-0.3, -0.25) is 9.59 Å². The number of nitrogens with one attached hydrogen (secondary N) is 1. The third-order valence-corrected chi connectivity index (χ3v) is 5.51. The molecule has 1 aliphatic rings. The summed E-state index contributed by atoms with van der Waals surface area (Å²) in [6.07, 6.45) is -0.591. The van der Waals surface area contributed by atoms with Crippen LogP contribution < -0.4 is 15.0 Å². The van der Waals surface area contributed by atoms with Crippen LogP contribution in [0.3, 0.4) is 0 Å². The maximum Gasteiger partial charge on any atom is 0.268 e. The van der Waals surface area contributed by atoms with Gasteiger partial charge >= 0.3 is 0 Å². The first-order valence-electron chi connectivity index (χ1n) is 9.34. The number of carbonyl (C=O) groups is 2. The van der Waals surface area contributed by atoms with Crippen molar-refractivity contribution in [3.63, 3.8) is 0 Å². The predicted molar refractivity (Wildman–Crippen MR) is 121 cm³/mol. The van der Waals surface area contributed by atoms with E-state index in [1.54, 1.807) is 60.4 Å². The molecule has 1 heterocycles. The van der Waals surface area contributed by atoms with Crippen LogP contribution in [0.15, 0.2) is 71.2 Å². The van der Waals surface area contributed by atoms with Crippen molar-refractivity contribution >= 4 is 50.7 Å². The first-order valence-corrected chi connectivity index (χ1v) is 10.5. The SMILES string of the molecule is CC1Oc2ccc(NC(=O)c3cccc(Br)c3)cc2N(Cc2ccc(Cl)cc2)C1=O. The summed E-state index contributed by atoms with van der Waals surface area (Å²) < 4.78 is 6.58. The van der Waals surface area contributed by atoms with Gasteiger partial charge in [0.25, 0.3) is 11.8 Å². The Bertz CT molecular complexity index is 1120. The Morgan fingerprint density at radius 2 is 1.90 bits per heavy atom. The first-order chi connectivity index (χ1) is 14.4. The van der Waals surface area contributed by atoms with E-state index in [2.05, 4.69) is 21.2 Å². The molecular weight excluding hydrogens is 468 g/mol. The number of hydrogen-bond acceptors (Lipinski definition) is 3. The molecule has 0 spiro atoms. The first kappa shape index (κ1) is 20.4. The number of carbonyl (C=O) groups excluding carboxylic acids is 2. The summed E-state index contributed by atoms with van der Waals surface area (Å²) in [7, 11) is 0. The maximum absolute atomic E-state index is 12.8. The average molecular weight is 486 g/mol. The molecule has 30 heavy (non-hydrogen) atoms. The van der Waals surface area contributed by atoms with Crippen molar-refractivity contribution in [1.82, 2.24) is 0 Å². The van der Waals surface area contributed by atoms with Crippen LogP contribution in [0.4, 0.5) is 11.4 Å². The maximum atomic E-state index is 12.8. The molecule has 1 aliphatic heterocycles. The third kappa shape index (κ3) is 4.35. The topological polar surface area (TPSA) is 58.6 Å². The summed E-state index contributed by atoms with van der Waals surface area (Å²) in [6, 6.07) is 19.8. The van der Waals surface area contributed by atoms with Crippen LogP contribution in [-0.2, 0) is 11.3 Å². The zero-order chi connectivity index (χ0) is 21.3. The number of rotatable bonds is 4. The minimum absolute atomic E-state index is 0.145. The van der Waals surface area contributed by atoms with Crippen LogP contribution in [0, 0.1) is 0 Å². The highest BCUT2D eigenvalue weighted by atomic mass is 79.9. The highest BCUT2D eigenvalue weighted by Gasteiger charge is 2.31. The Balaban J connectivity index is 1.63. The highest BCUT2D eigenvalue weighted by Crippen LogP contribution is 2.37. The number of anilines is 2. The van der Waals surface area contributed by atoms with Crippen molar-refractivity contribution in [2.24, 2.45) is 0 Å². The fourth-order valence-corrected chi connectivity index (χ4v) is 3.78. The molecule has 0 bridgehead atoms. The summed E-state index contributed by atoms with van der Waals surface area (Å²) in [4.78, 5) is 27.1. The Labute approximate surface area is 187 Å². The van der Waals surface area contributed by atoms with Gasteiger partial charge in [0.2, 0.25) is 0 Å². The molecule has 0 aliphatic carbocycles. The minimum Gasteiger partial charge on any atom is -0.479 e. The van der Waals surface area contributed by atoms with Crippen LogP contribution in [-0.4, -0.2) is 17.9 Å². The number of ether oxygens (including phenoxy) is 1. The number of halogens is 2. The molecule has 3 aromatic carbocycles. The highest BCUT2D eigenvalue weighted by molar-refractivity contribution is 9.10. The summed E-state index contributed by atoms with van der Waals surface area (Å²) in [6.45, 7) is 2.10. The summed E-state index contributed by atoms with van der Waals surface area (Å²) in [5.41, 5.74) is 2.66. The Morgan fingerprint density at radius 1 is 1.13 bits per heavy atom. The summed E-state index contributed by atoms with van der Waals surface area (Å²) in [5, 5.41) is 3.52. The Hall–Kier alpha value is -2.83. The second-order valence-corrected chi connectivity index (χ2v) is 8.31. The van der Waals surface area contributed by atoms with E-state index in [-0.39, 0.29) is 11.8 Å². The molecule has 3 aromatic rings. The van der Waals surface area contributed by atoms with E-state index in [0.29, 0.717) is 34.3 Å². The largest absolute Gasteiger partial charge is 0.479 e. The lowest BCUT2D eigenvalue weighted by molar-refractivity contribution is -0.125. The molecule has 2 amide bonds. The summed E-state index contributed by atoms with van der Waals surface area (Å²) >= 11 is 9.35. The molecule has 152 valence electrons. The van der Waals surface area contributed by atoms with E-state index in [9.17, 15) is 9.59 Å². The molecule has 4 rings (SSSR count). The van der Waals surface area contributed by atoms with E-state index in [1.807, 2.05) is 18.2 Å². The minimum atomic E-state index is -0.591. The van der Waals surface area contributed by atoms with Crippen molar-refractivity contribution in [1.29, 1.82) is 0 Å². The van der Waals surface area contributed by atoms with Gasteiger partial charge in [0.1, 0.15) is 5.75 Å². The van der Waals surface area contributed by atoms with Gasteiger partial charge in [-0.2, -0.15) is 0 Å². The van der Waals surface area contributed by atoms with Gasteiger partial charge in [0.05, 0.1) is 12.2 Å². The quantitative estimate of drug-likeness (QED) is 0.518. The molecule has 1 atom stereocenters. The molecule has 0 saturated heterocycles. The molecular formula is C23H18BrClN2O3. The van der Waals surface area contributed by atoms with Crippen LogP contribution >= 0.6 is 27.5 Å². The zero-order valence-corrected chi connectivity index (χ0v) is 18.4.